The molecule has 1 saturated heterocycles. The van der Waals surface area contributed by atoms with E-state index in [1.165, 1.54) is 25.7 Å². The summed E-state index contributed by atoms with van der Waals surface area (Å²) in [6.07, 6.45) is 5.84. The van der Waals surface area contributed by atoms with Gasteiger partial charge < -0.3 is 10.6 Å². The molecule has 3 rings (SSSR count). The Morgan fingerprint density at radius 1 is 1.14 bits per heavy atom. The number of halogens is 3. The van der Waals surface area contributed by atoms with Crippen molar-refractivity contribution >= 4 is 16.0 Å². The van der Waals surface area contributed by atoms with Crippen molar-refractivity contribution in [2.75, 3.05) is 39.3 Å². The molecule has 3 aliphatic rings. The van der Waals surface area contributed by atoms with Gasteiger partial charge in [-0.3, -0.25) is 9.89 Å². The van der Waals surface area contributed by atoms with Crippen molar-refractivity contribution in [2.24, 2.45) is 10.9 Å². The van der Waals surface area contributed by atoms with E-state index >= 15 is 0 Å². The Morgan fingerprint density at radius 3 is 2.31 bits per heavy atom. The van der Waals surface area contributed by atoms with Gasteiger partial charge in [0.15, 0.2) is 5.96 Å². The van der Waals surface area contributed by atoms with Gasteiger partial charge in [-0.2, -0.15) is 17.5 Å². The van der Waals surface area contributed by atoms with Crippen molar-refractivity contribution in [3.63, 3.8) is 0 Å². The van der Waals surface area contributed by atoms with Crippen LogP contribution in [0.5, 0.6) is 0 Å². The van der Waals surface area contributed by atoms with Crippen molar-refractivity contribution in [1.82, 2.24) is 19.8 Å². The maximum absolute atomic E-state index is 12.7. The van der Waals surface area contributed by atoms with E-state index in [0.717, 1.165) is 19.0 Å². The predicted molar refractivity (Wildman–Crippen MR) is 106 cm³/mol. The first-order valence-electron chi connectivity index (χ1n) is 10.6. The van der Waals surface area contributed by atoms with Gasteiger partial charge in [-0.15, -0.1) is 0 Å². The number of piperidine rings is 1. The van der Waals surface area contributed by atoms with Crippen LogP contribution in [0.3, 0.4) is 0 Å². The normalized spacial score (nSPS) is 22.9. The second kappa shape index (κ2) is 9.38. The second-order valence-electron chi connectivity index (χ2n) is 8.20. The van der Waals surface area contributed by atoms with Gasteiger partial charge in [-0.25, -0.2) is 8.42 Å². The molecule has 7 nitrogen and oxygen atoms in total. The first-order valence-corrected chi connectivity index (χ1v) is 12.0. The summed E-state index contributed by atoms with van der Waals surface area (Å²) in [4.78, 5) is 7.17. The molecule has 2 aliphatic carbocycles. The third-order valence-corrected chi connectivity index (χ3v) is 7.31. The van der Waals surface area contributed by atoms with Crippen molar-refractivity contribution in [3.05, 3.63) is 0 Å². The minimum absolute atomic E-state index is 0.0986. The minimum Gasteiger partial charge on any atom is -0.357 e. The molecule has 0 aromatic rings. The second-order valence-corrected chi connectivity index (χ2v) is 10.1. The Balaban J connectivity index is 1.47. The van der Waals surface area contributed by atoms with Crippen LogP contribution in [0, 0.1) is 5.92 Å². The molecule has 0 spiro atoms. The molecule has 0 unspecified atom stereocenters. The molecule has 29 heavy (non-hydrogen) atoms. The van der Waals surface area contributed by atoms with Crippen molar-refractivity contribution in [2.45, 2.75) is 63.0 Å². The molecule has 3 fully saturated rings. The fourth-order valence-electron chi connectivity index (χ4n) is 3.69. The third kappa shape index (κ3) is 6.45. The zero-order valence-corrected chi connectivity index (χ0v) is 17.7. The highest BCUT2D eigenvalue weighted by molar-refractivity contribution is 7.90. The smallest absolute Gasteiger partial charge is 0.357 e. The Morgan fingerprint density at radius 2 is 1.79 bits per heavy atom. The average molecular weight is 440 g/mol. The quantitative estimate of drug-likeness (QED) is 0.423. The first kappa shape index (κ1) is 22.6. The Hall–Kier alpha value is -1.07. The van der Waals surface area contributed by atoms with Crippen LogP contribution in [0.2, 0.25) is 0 Å². The number of nitrogens with zero attached hydrogens (tertiary/aromatic N) is 3. The number of aliphatic imine (C=N–C) groups is 1. The Labute approximate surface area is 171 Å². The van der Waals surface area contributed by atoms with Gasteiger partial charge >= 0.3 is 15.5 Å². The third-order valence-electron chi connectivity index (χ3n) is 5.68. The lowest BCUT2D eigenvalue weighted by Crippen LogP contribution is -2.51. The van der Waals surface area contributed by atoms with Crippen LogP contribution in [0.4, 0.5) is 13.2 Å². The van der Waals surface area contributed by atoms with Gasteiger partial charge in [0.1, 0.15) is 0 Å². The number of hydrogen-bond donors (Lipinski definition) is 2. The maximum atomic E-state index is 12.7. The zero-order valence-electron chi connectivity index (χ0n) is 16.9. The van der Waals surface area contributed by atoms with Crippen LogP contribution >= 0.6 is 0 Å². The lowest BCUT2D eigenvalue weighted by Gasteiger charge is -2.32. The molecule has 0 amide bonds. The van der Waals surface area contributed by atoms with E-state index in [-0.39, 0.29) is 19.1 Å². The molecule has 0 radical (unpaired) electrons. The van der Waals surface area contributed by atoms with Gasteiger partial charge in [0, 0.05) is 44.8 Å². The maximum Gasteiger partial charge on any atom is 0.511 e. The first-order chi connectivity index (χ1) is 13.7. The van der Waals surface area contributed by atoms with E-state index in [2.05, 4.69) is 20.5 Å². The molecule has 1 heterocycles. The molecule has 2 saturated carbocycles. The van der Waals surface area contributed by atoms with E-state index in [1.54, 1.807) is 0 Å². The van der Waals surface area contributed by atoms with E-state index in [1.807, 2.05) is 6.92 Å². The lowest BCUT2D eigenvalue weighted by molar-refractivity contribution is -0.0494. The highest BCUT2D eigenvalue weighted by Crippen LogP contribution is 2.34. The molecule has 11 heteroatoms. The molecule has 1 aliphatic heterocycles. The molecular weight excluding hydrogens is 407 g/mol. The Bertz CT molecular complexity index is 669. The summed E-state index contributed by atoms with van der Waals surface area (Å²) >= 11 is 0. The molecule has 0 aromatic carbocycles. The molecule has 0 aromatic heterocycles. The van der Waals surface area contributed by atoms with Crippen molar-refractivity contribution in [3.8, 4) is 0 Å². The standard InChI is InChI=1S/C18H32F3N5O2S/c1-2-22-17(23-9-12-25(16-5-6-16)13-14-3-4-14)24-15-7-10-26(11-8-15)29(27,28)18(19,20)21/h14-16H,2-13H2,1H3,(H2,22,23,24). The largest absolute Gasteiger partial charge is 0.511 e. The van der Waals surface area contributed by atoms with Crippen molar-refractivity contribution in [1.29, 1.82) is 0 Å². The highest BCUT2D eigenvalue weighted by atomic mass is 32.2. The van der Waals surface area contributed by atoms with Crippen LogP contribution in [0.15, 0.2) is 4.99 Å². The average Bonchev–Trinajstić information content (AvgIpc) is 3.54. The number of guanidine groups is 1. The molecule has 2 N–H and O–H groups in total. The predicted octanol–water partition coefficient (Wildman–Crippen LogP) is 1.73. The van der Waals surface area contributed by atoms with Gasteiger partial charge in [-0.05, 0) is 51.4 Å². The monoisotopic (exact) mass is 439 g/mol. The molecule has 0 bridgehead atoms. The fourth-order valence-corrected chi connectivity index (χ4v) is 4.67. The summed E-state index contributed by atoms with van der Waals surface area (Å²) in [6.45, 7) is 5.10. The SMILES string of the molecule is CCNC(=NCCN(CC1CC1)C1CC1)NC1CCN(S(=O)(=O)C(F)(F)F)CC1. The molecule has 168 valence electrons. The highest BCUT2D eigenvalue weighted by Gasteiger charge is 2.50. The van der Waals surface area contributed by atoms with Gasteiger partial charge in [0.25, 0.3) is 0 Å². The topological polar surface area (TPSA) is 77.0 Å². The van der Waals surface area contributed by atoms with Crippen LogP contribution in [-0.2, 0) is 10.0 Å². The summed E-state index contributed by atoms with van der Waals surface area (Å²) in [5, 5.41) is 6.43. The number of rotatable bonds is 9. The number of alkyl halides is 3. The summed E-state index contributed by atoms with van der Waals surface area (Å²) in [6, 6.07) is 0.611. The summed E-state index contributed by atoms with van der Waals surface area (Å²) in [5.74, 6) is 1.50. The summed E-state index contributed by atoms with van der Waals surface area (Å²) in [5.41, 5.74) is -5.24. The van der Waals surface area contributed by atoms with Gasteiger partial charge in [-0.1, -0.05) is 0 Å². The summed E-state index contributed by atoms with van der Waals surface area (Å²) in [7, 11) is -5.24. The van der Waals surface area contributed by atoms with Gasteiger partial charge in [0.2, 0.25) is 0 Å². The van der Waals surface area contributed by atoms with Gasteiger partial charge in [0.05, 0.1) is 6.54 Å². The zero-order chi connectivity index (χ0) is 21.1. The number of nitrogens with one attached hydrogen (secondary N) is 2. The minimum atomic E-state index is -5.24. The fraction of sp³-hybridized carbons (Fsp3) is 0.944. The van der Waals surface area contributed by atoms with E-state index < -0.39 is 15.5 Å². The van der Waals surface area contributed by atoms with Crippen LogP contribution in [-0.4, -0.2) is 80.4 Å². The van der Waals surface area contributed by atoms with E-state index in [4.69, 9.17) is 0 Å². The number of hydrogen-bond acceptors (Lipinski definition) is 4. The Kier molecular flexibility index (Phi) is 7.32. The van der Waals surface area contributed by atoms with E-state index in [0.29, 0.717) is 42.2 Å². The number of sulfonamides is 1. The van der Waals surface area contributed by atoms with Crippen molar-refractivity contribution < 1.29 is 21.6 Å². The summed E-state index contributed by atoms with van der Waals surface area (Å²) < 4.78 is 61.7. The van der Waals surface area contributed by atoms with Crippen LogP contribution < -0.4 is 10.6 Å². The molecular formula is C18H32F3N5O2S. The lowest BCUT2D eigenvalue weighted by atomic mass is 10.1. The molecule has 0 atom stereocenters. The van der Waals surface area contributed by atoms with Crippen LogP contribution in [0.25, 0.3) is 0 Å². The van der Waals surface area contributed by atoms with E-state index in [9.17, 15) is 21.6 Å². The van der Waals surface area contributed by atoms with Crippen LogP contribution in [0.1, 0.15) is 45.4 Å².